The van der Waals surface area contributed by atoms with Gasteiger partial charge >= 0.3 is 0 Å². The van der Waals surface area contributed by atoms with E-state index in [4.69, 9.17) is 9.57 Å². The molecular formula is C8H15N2O3-. The lowest BCUT2D eigenvalue weighted by Gasteiger charge is -2.25. The molecule has 1 heterocycles. The smallest absolute Gasteiger partial charge is 0.145 e. The van der Waals surface area contributed by atoms with Crippen LogP contribution in [-0.4, -0.2) is 43.3 Å². The van der Waals surface area contributed by atoms with Crippen LogP contribution in [0.5, 0.6) is 0 Å². The third-order valence-electron chi connectivity index (χ3n) is 1.84. The second kappa shape index (κ2) is 4.91. The molecule has 5 heteroatoms. The molecule has 1 fully saturated rings. The van der Waals surface area contributed by atoms with Crippen LogP contribution in [0.25, 0.3) is 0 Å². The van der Waals surface area contributed by atoms with Crippen LogP contribution in [0, 0.1) is 0 Å². The van der Waals surface area contributed by atoms with Gasteiger partial charge in [-0.05, 0) is 13.8 Å². The molecule has 1 saturated heterocycles. The van der Waals surface area contributed by atoms with Crippen LogP contribution in [0.1, 0.15) is 13.8 Å². The lowest BCUT2D eigenvalue weighted by atomic mass is 10.5. The molecule has 0 spiro atoms. The summed E-state index contributed by atoms with van der Waals surface area (Å²) >= 11 is 0. The van der Waals surface area contributed by atoms with Crippen molar-refractivity contribution in [2.24, 2.45) is 5.16 Å². The first kappa shape index (κ1) is 10.1. The normalized spacial score (nSPS) is 21.4. The van der Waals surface area contributed by atoms with Crippen molar-refractivity contribution in [1.29, 1.82) is 0 Å². The summed E-state index contributed by atoms with van der Waals surface area (Å²) in [6, 6.07) is -0.314. The van der Waals surface area contributed by atoms with Crippen LogP contribution in [0.3, 0.4) is 0 Å². The van der Waals surface area contributed by atoms with Crippen LogP contribution in [0.2, 0.25) is 0 Å². The highest BCUT2D eigenvalue weighted by Crippen LogP contribution is 2.08. The van der Waals surface area contributed by atoms with Gasteiger partial charge in [0.1, 0.15) is 12.7 Å². The number of hydrogen-bond acceptors (Lipinski definition) is 4. The fraction of sp³-hybridized carbons (Fsp3) is 0.875. The maximum Gasteiger partial charge on any atom is 0.145 e. The minimum atomic E-state index is -0.314. The van der Waals surface area contributed by atoms with Crippen molar-refractivity contribution in [2.45, 2.75) is 20.0 Å². The quantitative estimate of drug-likeness (QED) is 0.249. The Morgan fingerprint density at radius 2 is 2.23 bits per heavy atom. The summed E-state index contributed by atoms with van der Waals surface area (Å²) in [6.07, 6.45) is 0.147. The molecule has 0 saturated carbocycles. The van der Waals surface area contributed by atoms with E-state index in [0.717, 1.165) is 6.61 Å². The zero-order valence-corrected chi connectivity index (χ0v) is 8.02. The average Bonchev–Trinajstić information content (AvgIpc) is 2.90. The minimum absolute atomic E-state index is 0.147. The zero-order valence-electron chi connectivity index (χ0n) is 8.02. The molecule has 13 heavy (non-hydrogen) atoms. The van der Waals surface area contributed by atoms with Crippen LogP contribution >= 0.6 is 0 Å². The first-order valence-electron chi connectivity index (χ1n) is 4.51. The number of epoxide rings is 1. The van der Waals surface area contributed by atoms with Crippen molar-refractivity contribution >= 4 is 6.02 Å². The van der Waals surface area contributed by atoms with Crippen LogP contribution < -0.4 is 5.11 Å². The molecule has 0 radical (unpaired) electrons. The molecular weight excluding hydrogens is 172 g/mol. The van der Waals surface area contributed by atoms with E-state index in [1.807, 2.05) is 13.8 Å². The molecule has 1 rings (SSSR count). The lowest BCUT2D eigenvalue weighted by Crippen LogP contribution is -2.39. The van der Waals surface area contributed by atoms with Gasteiger partial charge in [-0.2, -0.15) is 0 Å². The highest BCUT2D eigenvalue weighted by molar-refractivity contribution is 5.68. The maximum atomic E-state index is 11.2. The van der Waals surface area contributed by atoms with Gasteiger partial charge < -0.3 is 19.6 Å². The second-order valence-electron chi connectivity index (χ2n) is 2.80. The molecule has 0 N–H and O–H groups in total. The largest absolute Gasteiger partial charge is 0.844 e. The predicted octanol–water partition coefficient (Wildman–Crippen LogP) is -0.625. The van der Waals surface area contributed by atoms with E-state index in [-0.39, 0.29) is 12.1 Å². The van der Waals surface area contributed by atoms with Crippen LogP contribution in [0.4, 0.5) is 0 Å². The van der Waals surface area contributed by atoms with E-state index in [2.05, 4.69) is 5.16 Å². The molecule has 1 unspecified atom stereocenters. The minimum Gasteiger partial charge on any atom is -0.844 e. The Bertz CT molecular complexity index is 176. The average molecular weight is 187 g/mol. The summed E-state index contributed by atoms with van der Waals surface area (Å²) in [6.45, 7) is 6.22. The molecule has 0 bridgehead atoms. The summed E-state index contributed by atoms with van der Waals surface area (Å²) in [5.41, 5.74) is 0. The van der Waals surface area contributed by atoms with Gasteiger partial charge in [0, 0.05) is 13.1 Å². The van der Waals surface area contributed by atoms with Crippen molar-refractivity contribution in [3.63, 3.8) is 0 Å². The Morgan fingerprint density at radius 1 is 1.62 bits per heavy atom. The molecule has 1 aliphatic rings. The Balaban J connectivity index is 2.21. The van der Waals surface area contributed by atoms with Gasteiger partial charge in [-0.3, -0.25) is 0 Å². The fourth-order valence-corrected chi connectivity index (χ4v) is 0.892. The first-order chi connectivity index (χ1) is 6.27. The lowest BCUT2D eigenvalue weighted by molar-refractivity contribution is -0.239. The summed E-state index contributed by atoms with van der Waals surface area (Å²) in [7, 11) is 0. The van der Waals surface area contributed by atoms with Gasteiger partial charge in [0.25, 0.3) is 0 Å². The van der Waals surface area contributed by atoms with E-state index in [0.29, 0.717) is 19.7 Å². The molecule has 0 amide bonds. The summed E-state index contributed by atoms with van der Waals surface area (Å²) in [4.78, 5) is 6.40. The van der Waals surface area contributed by atoms with Crippen molar-refractivity contribution in [1.82, 2.24) is 4.90 Å². The highest BCUT2D eigenvalue weighted by atomic mass is 16.7. The van der Waals surface area contributed by atoms with E-state index in [1.54, 1.807) is 4.90 Å². The molecule has 0 aromatic rings. The van der Waals surface area contributed by atoms with E-state index in [9.17, 15) is 5.11 Å². The van der Waals surface area contributed by atoms with Crippen molar-refractivity contribution in [3.8, 4) is 0 Å². The SMILES string of the molecule is CCN(CC)/C([O-])=N/OCC1CO1. The number of hydrogen-bond donors (Lipinski definition) is 0. The maximum absolute atomic E-state index is 11.2. The van der Waals surface area contributed by atoms with Crippen molar-refractivity contribution in [3.05, 3.63) is 0 Å². The Labute approximate surface area is 77.9 Å². The molecule has 0 aromatic heterocycles. The molecule has 1 aliphatic heterocycles. The van der Waals surface area contributed by atoms with Gasteiger partial charge in [0.15, 0.2) is 0 Å². The second-order valence-corrected chi connectivity index (χ2v) is 2.80. The predicted molar refractivity (Wildman–Crippen MR) is 46.0 cm³/mol. The Morgan fingerprint density at radius 3 is 2.69 bits per heavy atom. The van der Waals surface area contributed by atoms with E-state index in [1.165, 1.54) is 0 Å². The van der Waals surface area contributed by atoms with Gasteiger partial charge in [0.2, 0.25) is 0 Å². The van der Waals surface area contributed by atoms with Gasteiger partial charge in [-0.1, -0.05) is 5.16 Å². The van der Waals surface area contributed by atoms with Crippen molar-refractivity contribution < 1.29 is 14.7 Å². The number of nitrogens with zero attached hydrogens (tertiary/aromatic N) is 2. The molecule has 1 atom stereocenters. The summed E-state index contributed by atoms with van der Waals surface area (Å²) in [5, 5.41) is 14.7. The monoisotopic (exact) mass is 187 g/mol. The zero-order chi connectivity index (χ0) is 9.68. The third kappa shape index (κ3) is 3.50. The van der Waals surface area contributed by atoms with Gasteiger partial charge in [-0.15, -0.1) is 0 Å². The molecule has 0 aliphatic carbocycles. The summed E-state index contributed by atoms with van der Waals surface area (Å²) in [5.74, 6) is 0. The highest BCUT2D eigenvalue weighted by Gasteiger charge is 2.22. The standard InChI is InChI=1S/C8H16N2O3/c1-3-10(4-2)8(11)9-13-6-7-5-12-7/h7H,3-6H2,1-2H3,(H,9,11)/p-1. The molecule has 76 valence electrons. The van der Waals surface area contributed by atoms with E-state index >= 15 is 0 Å². The van der Waals surface area contributed by atoms with Crippen molar-refractivity contribution in [2.75, 3.05) is 26.3 Å². The number of ether oxygens (including phenoxy) is 1. The number of amidine groups is 1. The molecule has 5 nitrogen and oxygen atoms in total. The van der Waals surface area contributed by atoms with E-state index < -0.39 is 0 Å². The van der Waals surface area contributed by atoms with Gasteiger partial charge in [-0.25, -0.2) is 0 Å². The molecule has 0 aromatic carbocycles. The van der Waals surface area contributed by atoms with Gasteiger partial charge in [0.05, 0.1) is 12.6 Å². The number of oxime groups is 1. The first-order valence-corrected chi connectivity index (χ1v) is 4.51. The van der Waals surface area contributed by atoms with Crippen LogP contribution in [-0.2, 0) is 9.57 Å². The Kier molecular flexibility index (Phi) is 3.82. The third-order valence-corrected chi connectivity index (χ3v) is 1.84. The Hall–Kier alpha value is -0.970. The summed E-state index contributed by atoms with van der Waals surface area (Å²) < 4.78 is 4.89. The topological polar surface area (TPSA) is 60.4 Å². The van der Waals surface area contributed by atoms with Crippen LogP contribution in [0.15, 0.2) is 5.16 Å². The fourth-order valence-electron chi connectivity index (χ4n) is 0.892. The number of rotatable bonds is 5.